The second-order valence-electron chi connectivity index (χ2n) is 9.15. The Morgan fingerprint density at radius 3 is 2.12 bits per heavy atom. The third-order valence-corrected chi connectivity index (χ3v) is 6.32. The van der Waals surface area contributed by atoms with E-state index in [-0.39, 0.29) is 5.41 Å². The Morgan fingerprint density at radius 1 is 0.917 bits per heavy atom. The molecule has 2 unspecified atom stereocenters. The Hall–Kier alpha value is -1.02. The third-order valence-electron chi connectivity index (χ3n) is 6.32. The number of benzene rings is 1. The number of rotatable bonds is 2. The SMILES string of the molecule is Cc1ccccc1N1C(C(C)(C)C)N(C2CCCCC2)C(C)[C@@H]1C. The van der Waals surface area contributed by atoms with E-state index in [2.05, 4.69) is 75.6 Å². The van der Waals surface area contributed by atoms with Crippen molar-refractivity contribution in [1.29, 1.82) is 0 Å². The molecule has 0 radical (unpaired) electrons. The summed E-state index contributed by atoms with van der Waals surface area (Å²) in [6.45, 7) is 14.4. The van der Waals surface area contributed by atoms with Gasteiger partial charge in [-0.1, -0.05) is 58.2 Å². The molecule has 1 aromatic rings. The Labute approximate surface area is 149 Å². The molecule has 24 heavy (non-hydrogen) atoms. The van der Waals surface area contributed by atoms with Gasteiger partial charge in [0.15, 0.2) is 0 Å². The van der Waals surface area contributed by atoms with Gasteiger partial charge in [-0.05, 0) is 50.7 Å². The molecule has 1 saturated heterocycles. The molecular weight excluding hydrogens is 292 g/mol. The lowest BCUT2D eigenvalue weighted by Crippen LogP contribution is -2.53. The van der Waals surface area contributed by atoms with E-state index in [9.17, 15) is 0 Å². The normalized spacial score (nSPS) is 30.1. The van der Waals surface area contributed by atoms with Crippen LogP contribution >= 0.6 is 0 Å². The van der Waals surface area contributed by atoms with Crippen molar-refractivity contribution in [2.75, 3.05) is 4.90 Å². The zero-order valence-corrected chi connectivity index (χ0v) is 16.5. The lowest BCUT2D eigenvalue weighted by Gasteiger charge is -2.46. The van der Waals surface area contributed by atoms with E-state index < -0.39 is 0 Å². The Morgan fingerprint density at radius 2 is 1.54 bits per heavy atom. The van der Waals surface area contributed by atoms with E-state index >= 15 is 0 Å². The van der Waals surface area contributed by atoms with Crippen LogP contribution in [-0.4, -0.2) is 29.2 Å². The van der Waals surface area contributed by atoms with E-state index in [4.69, 9.17) is 0 Å². The molecule has 2 aliphatic rings. The first-order valence-corrected chi connectivity index (χ1v) is 9.94. The van der Waals surface area contributed by atoms with Crippen molar-refractivity contribution in [1.82, 2.24) is 4.90 Å². The standard InChI is InChI=1S/C22H36N2/c1-16-12-10-11-15-20(16)24-18(3)17(2)23(21(24)22(4,5)6)19-13-8-7-9-14-19/h10-12,15,17-19,21H,7-9,13-14H2,1-6H3/t17?,18-,21?/m0/s1. The number of hydrogen-bond acceptors (Lipinski definition) is 2. The predicted molar refractivity (Wildman–Crippen MR) is 105 cm³/mol. The molecule has 0 aromatic heterocycles. The summed E-state index contributed by atoms with van der Waals surface area (Å²) in [7, 11) is 0. The maximum absolute atomic E-state index is 2.89. The first kappa shape index (κ1) is 17.8. The van der Waals surface area contributed by atoms with Crippen molar-refractivity contribution in [3.63, 3.8) is 0 Å². The van der Waals surface area contributed by atoms with E-state index in [0.717, 1.165) is 6.04 Å². The largest absolute Gasteiger partial charge is 0.351 e. The molecular formula is C22H36N2. The minimum Gasteiger partial charge on any atom is -0.351 e. The Bertz CT molecular complexity index is 553. The van der Waals surface area contributed by atoms with Crippen LogP contribution in [-0.2, 0) is 0 Å². The molecule has 1 saturated carbocycles. The number of hydrogen-bond donors (Lipinski definition) is 0. The highest BCUT2D eigenvalue weighted by atomic mass is 15.5. The van der Waals surface area contributed by atoms with Gasteiger partial charge in [0.2, 0.25) is 0 Å². The van der Waals surface area contributed by atoms with Gasteiger partial charge in [0.25, 0.3) is 0 Å². The minimum atomic E-state index is 0.235. The van der Waals surface area contributed by atoms with Crippen molar-refractivity contribution in [3.05, 3.63) is 29.8 Å². The van der Waals surface area contributed by atoms with E-state index in [1.807, 2.05) is 0 Å². The van der Waals surface area contributed by atoms with Crippen LogP contribution in [0.5, 0.6) is 0 Å². The van der Waals surface area contributed by atoms with Crippen LogP contribution in [0.1, 0.15) is 72.3 Å². The summed E-state index contributed by atoms with van der Waals surface area (Å²) in [4.78, 5) is 5.62. The third kappa shape index (κ3) is 3.10. The highest BCUT2D eigenvalue weighted by Gasteiger charge is 2.50. The average Bonchev–Trinajstić information content (AvgIpc) is 2.81. The smallest absolute Gasteiger partial charge is 0.0878 e. The molecule has 2 fully saturated rings. The number of nitrogens with zero attached hydrogens (tertiary/aromatic N) is 2. The van der Waals surface area contributed by atoms with Gasteiger partial charge in [-0.25, -0.2) is 0 Å². The van der Waals surface area contributed by atoms with Crippen molar-refractivity contribution >= 4 is 5.69 Å². The maximum atomic E-state index is 2.89. The lowest BCUT2D eigenvalue weighted by molar-refractivity contribution is 0.0507. The molecule has 1 aromatic carbocycles. The van der Waals surface area contributed by atoms with Gasteiger partial charge >= 0.3 is 0 Å². The number of aryl methyl sites for hydroxylation is 1. The second-order valence-corrected chi connectivity index (χ2v) is 9.15. The average molecular weight is 329 g/mol. The Kier molecular flexibility index (Phi) is 4.97. The highest BCUT2D eigenvalue weighted by Crippen LogP contribution is 2.44. The fraction of sp³-hybridized carbons (Fsp3) is 0.727. The van der Waals surface area contributed by atoms with Crippen LogP contribution in [0.3, 0.4) is 0 Å². The molecule has 1 aliphatic heterocycles. The molecule has 0 bridgehead atoms. The van der Waals surface area contributed by atoms with Crippen LogP contribution in [0.15, 0.2) is 24.3 Å². The van der Waals surface area contributed by atoms with Crippen LogP contribution < -0.4 is 4.90 Å². The fourth-order valence-corrected chi connectivity index (χ4v) is 5.05. The zero-order chi connectivity index (χ0) is 17.5. The Balaban J connectivity index is 2.03. The molecule has 134 valence electrons. The van der Waals surface area contributed by atoms with E-state index in [1.165, 1.54) is 43.4 Å². The van der Waals surface area contributed by atoms with Crippen LogP contribution in [0, 0.1) is 12.3 Å². The van der Waals surface area contributed by atoms with Crippen molar-refractivity contribution in [2.24, 2.45) is 5.41 Å². The van der Waals surface area contributed by atoms with Crippen LogP contribution in [0.2, 0.25) is 0 Å². The molecule has 3 rings (SSSR count). The molecule has 2 nitrogen and oxygen atoms in total. The molecule has 1 aliphatic carbocycles. The molecule has 0 N–H and O–H groups in total. The van der Waals surface area contributed by atoms with Crippen molar-refractivity contribution < 1.29 is 0 Å². The fourth-order valence-electron chi connectivity index (χ4n) is 5.05. The summed E-state index contributed by atoms with van der Waals surface area (Å²) in [5, 5.41) is 0. The van der Waals surface area contributed by atoms with E-state index in [1.54, 1.807) is 0 Å². The monoisotopic (exact) mass is 328 g/mol. The van der Waals surface area contributed by atoms with Gasteiger partial charge in [0.05, 0.1) is 6.17 Å². The number of para-hydroxylation sites is 1. The molecule has 3 atom stereocenters. The van der Waals surface area contributed by atoms with Crippen molar-refractivity contribution in [2.45, 2.75) is 97.9 Å². The summed E-state index contributed by atoms with van der Waals surface area (Å²) in [5.74, 6) is 0. The molecule has 0 amide bonds. The minimum absolute atomic E-state index is 0.235. The van der Waals surface area contributed by atoms with Gasteiger partial charge < -0.3 is 4.90 Å². The summed E-state index contributed by atoms with van der Waals surface area (Å²) < 4.78 is 0. The molecule has 0 spiro atoms. The zero-order valence-electron chi connectivity index (χ0n) is 16.5. The first-order valence-electron chi connectivity index (χ1n) is 9.94. The first-order chi connectivity index (χ1) is 11.3. The predicted octanol–water partition coefficient (Wildman–Crippen LogP) is 5.60. The van der Waals surface area contributed by atoms with E-state index in [0.29, 0.717) is 18.2 Å². The summed E-state index contributed by atoms with van der Waals surface area (Å²) in [6.07, 6.45) is 7.48. The lowest BCUT2D eigenvalue weighted by atomic mass is 9.87. The topological polar surface area (TPSA) is 6.48 Å². The van der Waals surface area contributed by atoms with Crippen LogP contribution in [0.4, 0.5) is 5.69 Å². The van der Waals surface area contributed by atoms with Gasteiger partial charge in [-0.3, -0.25) is 4.90 Å². The quantitative estimate of drug-likeness (QED) is 0.697. The number of anilines is 1. The van der Waals surface area contributed by atoms with Gasteiger partial charge in [-0.15, -0.1) is 0 Å². The van der Waals surface area contributed by atoms with Gasteiger partial charge in [0, 0.05) is 23.8 Å². The second kappa shape index (κ2) is 6.71. The summed E-state index contributed by atoms with van der Waals surface area (Å²) in [5.41, 5.74) is 3.06. The van der Waals surface area contributed by atoms with Crippen LogP contribution in [0.25, 0.3) is 0 Å². The van der Waals surface area contributed by atoms with Gasteiger partial charge in [-0.2, -0.15) is 0 Å². The molecule has 2 heteroatoms. The van der Waals surface area contributed by atoms with Gasteiger partial charge in [0.1, 0.15) is 0 Å². The summed E-state index contributed by atoms with van der Waals surface area (Å²) >= 11 is 0. The highest BCUT2D eigenvalue weighted by molar-refractivity contribution is 5.56. The maximum Gasteiger partial charge on any atom is 0.0878 e. The van der Waals surface area contributed by atoms with Crippen molar-refractivity contribution in [3.8, 4) is 0 Å². The summed E-state index contributed by atoms with van der Waals surface area (Å²) in [6, 6.07) is 10.9. The molecule has 1 heterocycles.